The van der Waals surface area contributed by atoms with Gasteiger partial charge < -0.3 is 5.32 Å². The topological polar surface area (TPSA) is 64.0 Å². The van der Waals surface area contributed by atoms with E-state index in [1.807, 2.05) is 36.4 Å². The Bertz CT molecular complexity index is 976. The third kappa shape index (κ3) is 3.60. The number of benzene rings is 2. The van der Waals surface area contributed by atoms with Crippen LogP contribution >= 0.6 is 0 Å². The van der Waals surface area contributed by atoms with Gasteiger partial charge >= 0.3 is 0 Å². The predicted octanol–water partition coefficient (Wildman–Crippen LogP) is 3.82. The number of aromatic nitrogens is 2. The number of carbonyl (C=O) groups is 1. The van der Waals surface area contributed by atoms with E-state index in [1.54, 1.807) is 23.6 Å². The molecule has 0 aliphatic heterocycles. The molecule has 0 radical (unpaired) electrons. The number of nitrogens with one attached hydrogen (secondary N) is 1. The maximum absolute atomic E-state index is 12.9. The SMILES string of the molecule is CCCCC(=O)Nc1cccc(-n2c(C)nc3ccccc3c2=O)c1. The lowest BCUT2D eigenvalue weighted by atomic mass is 10.2. The molecule has 0 aliphatic rings. The van der Waals surface area contributed by atoms with Gasteiger partial charge in [-0.25, -0.2) is 4.98 Å². The molecule has 1 heterocycles. The first-order valence-corrected chi connectivity index (χ1v) is 8.49. The fourth-order valence-corrected chi connectivity index (χ4v) is 2.83. The number of para-hydroxylation sites is 1. The van der Waals surface area contributed by atoms with E-state index in [-0.39, 0.29) is 11.5 Å². The van der Waals surface area contributed by atoms with Crippen LogP contribution in [-0.2, 0) is 4.79 Å². The molecule has 0 atom stereocenters. The van der Waals surface area contributed by atoms with Gasteiger partial charge in [0.05, 0.1) is 16.6 Å². The maximum atomic E-state index is 12.9. The highest BCUT2D eigenvalue weighted by Crippen LogP contribution is 2.17. The Balaban J connectivity index is 2.00. The number of fused-ring (bicyclic) bond motifs is 1. The number of anilines is 1. The molecular formula is C20H21N3O2. The van der Waals surface area contributed by atoms with Gasteiger partial charge in [0, 0.05) is 12.1 Å². The van der Waals surface area contributed by atoms with Crippen molar-refractivity contribution in [3.05, 3.63) is 64.7 Å². The van der Waals surface area contributed by atoms with Gasteiger partial charge in [0.1, 0.15) is 5.82 Å². The Kier molecular flexibility index (Phi) is 4.93. The number of rotatable bonds is 5. The Morgan fingerprint density at radius 2 is 1.96 bits per heavy atom. The van der Waals surface area contributed by atoms with Crippen molar-refractivity contribution >= 4 is 22.5 Å². The van der Waals surface area contributed by atoms with Crippen molar-refractivity contribution in [3.63, 3.8) is 0 Å². The van der Waals surface area contributed by atoms with Gasteiger partial charge in [-0.1, -0.05) is 31.5 Å². The highest BCUT2D eigenvalue weighted by atomic mass is 16.1. The van der Waals surface area contributed by atoms with E-state index in [0.29, 0.717) is 34.5 Å². The van der Waals surface area contributed by atoms with E-state index >= 15 is 0 Å². The second-order valence-corrected chi connectivity index (χ2v) is 6.02. The summed E-state index contributed by atoms with van der Waals surface area (Å²) in [6, 6.07) is 14.6. The number of hydrogen-bond acceptors (Lipinski definition) is 3. The molecule has 0 bridgehead atoms. The summed E-state index contributed by atoms with van der Waals surface area (Å²) >= 11 is 0. The van der Waals surface area contributed by atoms with Crippen LogP contribution < -0.4 is 10.9 Å². The lowest BCUT2D eigenvalue weighted by Gasteiger charge is -2.12. The highest BCUT2D eigenvalue weighted by molar-refractivity contribution is 5.91. The van der Waals surface area contributed by atoms with Crippen molar-refractivity contribution in [2.75, 3.05) is 5.32 Å². The number of aryl methyl sites for hydroxylation is 1. The average molecular weight is 335 g/mol. The third-order valence-electron chi connectivity index (χ3n) is 4.09. The minimum absolute atomic E-state index is 0.0142. The van der Waals surface area contributed by atoms with E-state index in [2.05, 4.69) is 17.2 Å². The Morgan fingerprint density at radius 1 is 1.16 bits per heavy atom. The van der Waals surface area contributed by atoms with E-state index in [4.69, 9.17) is 0 Å². The first kappa shape index (κ1) is 16.9. The molecule has 3 aromatic rings. The van der Waals surface area contributed by atoms with Crippen LogP contribution in [0, 0.1) is 6.92 Å². The third-order valence-corrected chi connectivity index (χ3v) is 4.09. The van der Waals surface area contributed by atoms with Crippen LogP contribution in [0.25, 0.3) is 16.6 Å². The summed E-state index contributed by atoms with van der Waals surface area (Å²) in [5.74, 6) is 0.595. The average Bonchev–Trinajstić information content (AvgIpc) is 2.60. The molecule has 2 aromatic carbocycles. The van der Waals surface area contributed by atoms with E-state index in [0.717, 1.165) is 12.8 Å². The first-order chi connectivity index (χ1) is 12.1. The smallest absolute Gasteiger partial charge is 0.265 e. The van der Waals surface area contributed by atoms with Crippen molar-refractivity contribution in [2.45, 2.75) is 33.1 Å². The largest absolute Gasteiger partial charge is 0.326 e. The number of nitrogens with zero attached hydrogens (tertiary/aromatic N) is 2. The van der Waals surface area contributed by atoms with Crippen molar-refractivity contribution < 1.29 is 4.79 Å². The van der Waals surface area contributed by atoms with Crippen LogP contribution in [0.15, 0.2) is 53.3 Å². The van der Waals surface area contributed by atoms with Gasteiger partial charge in [-0.05, 0) is 43.7 Å². The van der Waals surface area contributed by atoms with E-state index < -0.39 is 0 Å². The van der Waals surface area contributed by atoms with Crippen LogP contribution in [0.1, 0.15) is 32.0 Å². The molecule has 1 aromatic heterocycles. The minimum atomic E-state index is -0.113. The summed E-state index contributed by atoms with van der Waals surface area (Å²) in [4.78, 5) is 29.3. The van der Waals surface area contributed by atoms with Crippen LogP contribution in [0.2, 0.25) is 0 Å². The van der Waals surface area contributed by atoms with E-state index in [9.17, 15) is 9.59 Å². The molecule has 0 aliphatic carbocycles. The van der Waals surface area contributed by atoms with Gasteiger partial charge in [0.25, 0.3) is 5.56 Å². The monoisotopic (exact) mass is 335 g/mol. The van der Waals surface area contributed by atoms with Gasteiger partial charge in [0.15, 0.2) is 0 Å². The zero-order valence-electron chi connectivity index (χ0n) is 14.5. The molecule has 5 nitrogen and oxygen atoms in total. The van der Waals surface area contributed by atoms with Crippen LogP contribution in [0.5, 0.6) is 0 Å². The molecule has 0 unspecified atom stereocenters. The molecule has 1 N–H and O–H groups in total. The fraction of sp³-hybridized carbons (Fsp3) is 0.250. The molecule has 0 saturated heterocycles. The summed E-state index contributed by atoms with van der Waals surface area (Å²) in [5.41, 5.74) is 1.94. The van der Waals surface area contributed by atoms with Crippen LogP contribution in [0.4, 0.5) is 5.69 Å². The van der Waals surface area contributed by atoms with Gasteiger partial charge in [-0.2, -0.15) is 0 Å². The quantitative estimate of drug-likeness (QED) is 0.771. The summed E-state index contributed by atoms with van der Waals surface area (Å²) in [6.07, 6.45) is 2.33. The second kappa shape index (κ2) is 7.30. The summed E-state index contributed by atoms with van der Waals surface area (Å²) in [6.45, 7) is 3.86. The highest BCUT2D eigenvalue weighted by Gasteiger charge is 2.10. The fourth-order valence-electron chi connectivity index (χ4n) is 2.83. The van der Waals surface area contributed by atoms with Gasteiger partial charge in [-0.3, -0.25) is 14.2 Å². The summed E-state index contributed by atoms with van der Waals surface area (Å²) in [5, 5.41) is 3.46. The molecule has 128 valence electrons. The normalized spacial score (nSPS) is 10.8. The zero-order valence-corrected chi connectivity index (χ0v) is 14.5. The van der Waals surface area contributed by atoms with Crippen molar-refractivity contribution in [2.24, 2.45) is 0 Å². The van der Waals surface area contributed by atoms with Crippen LogP contribution in [0.3, 0.4) is 0 Å². The van der Waals surface area contributed by atoms with Gasteiger partial charge in [-0.15, -0.1) is 0 Å². The molecule has 0 saturated carbocycles. The summed E-state index contributed by atoms with van der Waals surface area (Å²) < 4.78 is 1.57. The van der Waals surface area contributed by atoms with Crippen molar-refractivity contribution in [1.29, 1.82) is 0 Å². The molecule has 1 amide bonds. The van der Waals surface area contributed by atoms with E-state index in [1.165, 1.54) is 0 Å². The lowest BCUT2D eigenvalue weighted by molar-refractivity contribution is -0.116. The number of amides is 1. The van der Waals surface area contributed by atoms with Crippen molar-refractivity contribution in [1.82, 2.24) is 9.55 Å². The lowest BCUT2D eigenvalue weighted by Crippen LogP contribution is -2.22. The molecule has 25 heavy (non-hydrogen) atoms. The Morgan fingerprint density at radius 3 is 2.76 bits per heavy atom. The molecule has 0 spiro atoms. The maximum Gasteiger partial charge on any atom is 0.265 e. The molecule has 0 fully saturated rings. The Hall–Kier alpha value is -2.95. The predicted molar refractivity (Wildman–Crippen MR) is 100 cm³/mol. The molecule has 5 heteroatoms. The Labute approximate surface area is 146 Å². The summed E-state index contributed by atoms with van der Waals surface area (Å²) in [7, 11) is 0. The van der Waals surface area contributed by atoms with Crippen LogP contribution in [-0.4, -0.2) is 15.5 Å². The molecular weight excluding hydrogens is 314 g/mol. The number of hydrogen-bond donors (Lipinski definition) is 1. The number of carbonyl (C=O) groups excluding carboxylic acids is 1. The van der Waals surface area contributed by atoms with Gasteiger partial charge in [0.2, 0.25) is 5.91 Å². The first-order valence-electron chi connectivity index (χ1n) is 8.49. The number of unbranched alkanes of at least 4 members (excludes halogenated alkanes) is 1. The van der Waals surface area contributed by atoms with Crippen molar-refractivity contribution in [3.8, 4) is 5.69 Å². The zero-order chi connectivity index (χ0) is 17.8. The minimum Gasteiger partial charge on any atom is -0.326 e. The molecule has 3 rings (SSSR count). The standard InChI is InChI=1S/C20H21N3O2/c1-3-4-12-19(24)22-15-8-7-9-16(13-15)23-14(2)21-18-11-6-5-10-17(18)20(23)25/h5-11,13H,3-4,12H2,1-2H3,(H,22,24). The second-order valence-electron chi connectivity index (χ2n) is 6.02.